The number of nitrogens with zero attached hydrogens (tertiary/aromatic N) is 5. The molecule has 6 heteroatoms. The minimum atomic E-state index is 0.263. The molecule has 1 saturated heterocycles. The second kappa shape index (κ2) is 6.11. The van der Waals surface area contributed by atoms with E-state index in [2.05, 4.69) is 39.3 Å². The Hall–Kier alpha value is -2.63. The van der Waals surface area contributed by atoms with Crippen LogP contribution < -0.4 is 9.64 Å². The minimum absolute atomic E-state index is 0.263. The van der Waals surface area contributed by atoms with Crippen molar-refractivity contribution in [2.24, 2.45) is 0 Å². The van der Waals surface area contributed by atoms with Gasteiger partial charge in [0.25, 0.3) is 0 Å². The summed E-state index contributed by atoms with van der Waals surface area (Å²) < 4.78 is 7.94. The molecule has 1 fully saturated rings. The summed E-state index contributed by atoms with van der Waals surface area (Å²) in [6.45, 7) is 5.98. The quantitative estimate of drug-likeness (QED) is 0.742. The maximum absolute atomic E-state index is 6.19. The van der Waals surface area contributed by atoms with Crippen molar-refractivity contribution in [3.05, 3.63) is 47.9 Å². The van der Waals surface area contributed by atoms with Gasteiger partial charge in [-0.25, -0.2) is 0 Å². The van der Waals surface area contributed by atoms with E-state index < -0.39 is 0 Å². The molecule has 1 aliphatic heterocycles. The fourth-order valence-corrected chi connectivity index (χ4v) is 3.25. The van der Waals surface area contributed by atoms with Crippen molar-refractivity contribution in [3.8, 4) is 5.75 Å². The van der Waals surface area contributed by atoms with Gasteiger partial charge in [0.1, 0.15) is 18.2 Å². The third kappa shape index (κ3) is 2.79. The van der Waals surface area contributed by atoms with E-state index >= 15 is 0 Å². The highest BCUT2D eigenvalue weighted by Crippen LogP contribution is 2.27. The summed E-state index contributed by atoms with van der Waals surface area (Å²) in [4.78, 5) is 2.36. The number of hydrogen-bond donors (Lipinski definition) is 0. The number of anilines is 1. The molecule has 124 valence electrons. The zero-order chi connectivity index (χ0) is 16.5. The summed E-state index contributed by atoms with van der Waals surface area (Å²) >= 11 is 0. The highest BCUT2D eigenvalue weighted by molar-refractivity contribution is 5.68. The first-order chi connectivity index (χ1) is 11.7. The number of benzene rings is 1. The highest BCUT2D eigenvalue weighted by Gasteiger charge is 2.23. The molecule has 0 spiro atoms. The molecule has 24 heavy (non-hydrogen) atoms. The Morgan fingerprint density at radius 2 is 1.92 bits per heavy atom. The Morgan fingerprint density at radius 3 is 2.71 bits per heavy atom. The Labute approximate surface area is 141 Å². The van der Waals surface area contributed by atoms with Crippen LogP contribution >= 0.6 is 0 Å². The van der Waals surface area contributed by atoms with Gasteiger partial charge in [0.2, 0.25) is 5.65 Å². The number of ether oxygens (including phenoxy) is 1. The number of aromatic nitrogens is 4. The van der Waals surface area contributed by atoms with Gasteiger partial charge in [0.15, 0.2) is 0 Å². The fourth-order valence-electron chi connectivity index (χ4n) is 3.25. The molecule has 2 aromatic heterocycles. The molecule has 3 heterocycles. The van der Waals surface area contributed by atoms with Crippen molar-refractivity contribution in [3.63, 3.8) is 0 Å². The molecule has 0 amide bonds. The molecule has 1 aromatic carbocycles. The van der Waals surface area contributed by atoms with Gasteiger partial charge < -0.3 is 9.64 Å². The highest BCUT2D eigenvalue weighted by atomic mass is 16.5. The van der Waals surface area contributed by atoms with Crippen molar-refractivity contribution >= 4 is 11.3 Å². The van der Waals surface area contributed by atoms with Crippen LogP contribution in [0, 0.1) is 13.8 Å². The van der Waals surface area contributed by atoms with Gasteiger partial charge in [-0.05, 0) is 31.5 Å². The zero-order valence-corrected chi connectivity index (χ0v) is 14.0. The Kier molecular flexibility index (Phi) is 3.80. The topological polar surface area (TPSA) is 55.5 Å². The largest absolute Gasteiger partial charge is 0.490 e. The third-order valence-corrected chi connectivity index (χ3v) is 4.54. The van der Waals surface area contributed by atoms with Gasteiger partial charge in [-0.1, -0.05) is 18.2 Å². The van der Waals surface area contributed by atoms with Crippen molar-refractivity contribution < 1.29 is 4.74 Å². The summed E-state index contributed by atoms with van der Waals surface area (Å²) in [5.74, 6) is 0.996. The zero-order valence-electron chi connectivity index (χ0n) is 14.0. The molecule has 0 saturated carbocycles. The lowest BCUT2D eigenvalue weighted by molar-refractivity contribution is 0.170. The average molecular weight is 323 g/mol. The molecule has 0 atom stereocenters. The summed E-state index contributed by atoms with van der Waals surface area (Å²) in [6.07, 6.45) is 3.91. The molecule has 0 N–H and O–H groups in total. The summed E-state index contributed by atoms with van der Waals surface area (Å²) in [5, 5.41) is 12.6. The smallest absolute Gasteiger partial charge is 0.200 e. The summed E-state index contributed by atoms with van der Waals surface area (Å²) in [6, 6.07) is 10.3. The monoisotopic (exact) mass is 323 g/mol. The second-order valence-corrected chi connectivity index (χ2v) is 6.34. The Bertz CT molecular complexity index is 851. The molecule has 0 aliphatic carbocycles. The molecule has 4 rings (SSSR count). The van der Waals surface area contributed by atoms with E-state index in [1.807, 2.05) is 25.1 Å². The molecule has 0 radical (unpaired) electrons. The van der Waals surface area contributed by atoms with Crippen molar-refractivity contribution in [1.82, 2.24) is 19.8 Å². The Balaban J connectivity index is 1.48. The lowest BCUT2D eigenvalue weighted by Gasteiger charge is -2.34. The van der Waals surface area contributed by atoms with Gasteiger partial charge >= 0.3 is 0 Å². The van der Waals surface area contributed by atoms with Crippen LogP contribution in [0.2, 0.25) is 0 Å². The first-order valence-electron chi connectivity index (χ1n) is 8.35. The van der Waals surface area contributed by atoms with E-state index in [4.69, 9.17) is 4.74 Å². The second-order valence-electron chi connectivity index (χ2n) is 6.34. The number of rotatable bonds is 3. The van der Waals surface area contributed by atoms with Crippen molar-refractivity contribution in [2.75, 3.05) is 18.0 Å². The SMILES string of the molecule is Cc1cc(N2CCC(Oc3ccccc3C)CC2)c2nncn2n1. The van der Waals surface area contributed by atoms with Crippen LogP contribution in [0.4, 0.5) is 5.69 Å². The summed E-state index contributed by atoms with van der Waals surface area (Å²) in [7, 11) is 0. The van der Waals surface area contributed by atoms with Crippen LogP contribution in [0.25, 0.3) is 5.65 Å². The van der Waals surface area contributed by atoms with Crippen LogP contribution in [-0.2, 0) is 0 Å². The number of fused-ring (bicyclic) bond motifs is 1. The Morgan fingerprint density at radius 1 is 1.12 bits per heavy atom. The predicted octanol–water partition coefficient (Wildman–Crippen LogP) is 2.79. The van der Waals surface area contributed by atoms with E-state index in [0.29, 0.717) is 0 Å². The van der Waals surface area contributed by atoms with Gasteiger partial charge in [-0.2, -0.15) is 9.61 Å². The number of aryl methyl sites for hydroxylation is 2. The van der Waals surface area contributed by atoms with Gasteiger partial charge in [0.05, 0.1) is 11.4 Å². The van der Waals surface area contributed by atoms with E-state index in [0.717, 1.165) is 48.7 Å². The van der Waals surface area contributed by atoms with Crippen LogP contribution in [0.1, 0.15) is 24.1 Å². The molecular formula is C18H21N5O. The average Bonchev–Trinajstić information content (AvgIpc) is 3.05. The van der Waals surface area contributed by atoms with Crippen LogP contribution in [-0.4, -0.2) is 39.0 Å². The lowest BCUT2D eigenvalue weighted by Crippen LogP contribution is -2.38. The van der Waals surface area contributed by atoms with E-state index in [1.165, 1.54) is 5.56 Å². The maximum atomic E-state index is 6.19. The molecule has 6 nitrogen and oxygen atoms in total. The predicted molar refractivity (Wildman–Crippen MR) is 92.6 cm³/mol. The molecule has 3 aromatic rings. The molecule has 0 unspecified atom stereocenters. The van der Waals surface area contributed by atoms with Crippen molar-refractivity contribution in [2.45, 2.75) is 32.8 Å². The molecular weight excluding hydrogens is 302 g/mol. The minimum Gasteiger partial charge on any atom is -0.490 e. The number of hydrogen-bond acceptors (Lipinski definition) is 5. The van der Waals surface area contributed by atoms with Crippen LogP contribution in [0.3, 0.4) is 0 Å². The van der Waals surface area contributed by atoms with E-state index in [-0.39, 0.29) is 6.10 Å². The first-order valence-corrected chi connectivity index (χ1v) is 8.35. The molecule has 0 bridgehead atoms. The number of para-hydroxylation sites is 1. The van der Waals surface area contributed by atoms with Gasteiger partial charge in [-0.3, -0.25) is 0 Å². The number of piperidine rings is 1. The molecule has 1 aliphatic rings. The van der Waals surface area contributed by atoms with E-state index in [1.54, 1.807) is 10.8 Å². The van der Waals surface area contributed by atoms with Crippen LogP contribution in [0.15, 0.2) is 36.7 Å². The van der Waals surface area contributed by atoms with Crippen LogP contribution in [0.5, 0.6) is 5.75 Å². The first kappa shape index (κ1) is 14.9. The van der Waals surface area contributed by atoms with E-state index in [9.17, 15) is 0 Å². The normalized spacial score (nSPS) is 15.8. The van der Waals surface area contributed by atoms with Gasteiger partial charge in [0, 0.05) is 25.9 Å². The standard InChI is InChI=1S/C18H21N5O/c1-13-5-3-4-6-17(13)24-15-7-9-22(10-8-15)16-11-14(2)21-23-12-19-20-18(16)23/h3-6,11-12,15H,7-10H2,1-2H3. The maximum Gasteiger partial charge on any atom is 0.200 e. The van der Waals surface area contributed by atoms with Gasteiger partial charge in [-0.15, -0.1) is 10.2 Å². The third-order valence-electron chi connectivity index (χ3n) is 4.54. The van der Waals surface area contributed by atoms with Crippen molar-refractivity contribution in [1.29, 1.82) is 0 Å². The summed E-state index contributed by atoms with van der Waals surface area (Å²) in [5.41, 5.74) is 4.08. The fraction of sp³-hybridized carbons (Fsp3) is 0.389. The lowest BCUT2D eigenvalue weighted by atomic mass is 10.1.